The molecule has 1 unspecified atom stereocenters. The number of nitrogens with zero attached hydrogens (tertiary/aromatic N) is 2. The van der Waals surface area contributed by atoms with Crippen LogP contribution in [0.3, 0.4) is 0 Å². The zero-order valence-corrected chi connectivity index (χ0v) is 13.2. The number of para-hydroxylation sites is 2. The van der Waals surface area contributed by atoms with Crippen LogP contribution in [-0.4, -0.2) is 28.8 Å². The maximum atomic E-state index is 12.7. The number of carbonyl (C=O) groups excluding carboxylic acids is 1. The molecule has 1 amide bonds. The number of ether oxygens (including phenoxy) is 1. The van der Waals surface area contributed by atoms with E-state index in [0.717, 1.165) is 28.4 Å². The fourth-order valence-electron chi connectivity index (χ4n) is 2.93. The van der Waals surface area contributed by atoms with Gasteiger partial charge >= 0.3 is 0 Å². The minimum Gasteiger partial charge on any atom is -0.487 e. The molecule has 5 heteroatoms. The number of hydrogen-bond donors (Lipinski definition) is 1. The number of aromatic amines is 1. The fraction of sp³-hybridized carbons (Fsp3) is 0.412. The van der Waals surface area contributed by atoms with Gasteiger partial charge in [0.25, 0.3) is 0 Å². The van der Waals surface area contributed by atoms with Crippen LogP contribution in [0.4, 0.5) is 5.69 Å². The number of hydrogen-bond acceptors (Lipinski definition) is 3. The second-order valence-corrected chi connectivity index (χ2v) is 5.81. The zero-order valence-electron chi connectivity index (χ0n) is 13.2. The maximum Gasteiger partial charge on any atom is 0.227 e. The van der Waals surface area contributed by atoms with Gasteiger partial charge in [0.15, 0.2) is 0 Å². The average molecular weight is 299 g/mol. The molecule has 1 aliphatic rings. The Balaban J connectivity index is 1.75. The number of benzene rings is 1. The molecule has 0 spiro atoms. The third kappa shape index (κ3) is 2.71. The summed E-state index contributed by atoms with van der Waals surface area (Å²) in [6.07, 6.45) is 1.19. The monoisotopic (exact) mass is 299 g/mol. The van der Waals surface area contributed by atoms with Gasteiger partial charge in [0.2, 0.25) is 5.91 Å². The van der Waals surface area contributed by atoms with Crippen molar-refractivity contribution in [3.63, 3.8) is 0 Å². The largest absolute Gasteiger partial charge is 0.487 e. The quantitative estimate of drug-likeness (QED) is 0.948. The molecule has 0 fully saturated rings. The van der Waals surface area contributed by atoms with Crippen LogP contribution in [0.5, 0.6) is 5.75 Å². The lowest BCUT2D eigenvalue weighted by molar-refractivity contribution is -0.119. The molecule has 0 radical (unpaired) electrons. The molecule has 0 aliphatic carbocycles. The van der Waals surface area contributed by atoms with E-state index in [1.54, 1.807) is 0 Å². The van der Waals surface area contributed by atoms with Crippen molar-refractivity contribution in [2.45, 2.75) is 39.7 Å². The van der Waals surface area contributed by atoms with E-state index in [9.17, 15) is 4.79 Å². The molecule has 0 saturated heterocycles. The summed E-state index contributed by atoms with van der Waals surface area (Å²) in [4.78, 5) is 14.5. The Bertz CT molecular complexity index is 673. The first-order valence-electron chi connectivity index (χ1n) is 7.62. The van der Waals surface area contributed by atoms with Crippen LogP contribution in [-0.2, 0) is 11.2 Å². The summed E-state index contributed by atoms with van der Waals surface area (Å²) in [5.41, 5.74) is 4.02. The summed E-state index contributed by atoms with van der Waals surface area (Å²) in [7, 11) is 0. The van der Waals surface area contributed by atoms with Crippen LogP contribution in [0.25, 0.3) is 0 Å². The number of fused-ring (bicyclic) bond motifs is 1. The number of anilines is 1. The zero-order chi connectivity index (χ0) is 15.7. The topological polar surface area (TPSA) is 58.2 Å². The highest BCUT2D eigenvalue weighted by Gasteiger charge is 2.27. The molecule has 22 heavy (non-hydrogen) atoms. The van der Waals surface area contributed by atoms with Crippen molar-refractivity contribution in [2.24, 2.45) is 0 Å². The van der Waals surface area contributed by atoms with Crippen LogP contribution >= 0.6 is 0 Å². The Morgan fingerprint density at radius 3 is 2.91 bits per heavy atom. The number of nitrogens with one attached hydrogen (secondary N) is 1. The van der Waals surface area contributed by atoms with E-state index in [4.69, 9.17) is 4.74 Å². The Labute approximate surface area is 130 Å². The minimum absolute atomic E-state index is 0.0104. The van der Waals surface area contributed by atoms with E-state index in [2.05, 4.69) is 10.2 Å². The summed E-state index contributed by atoms with van der Waals surface area (Å²) in [5, 5.41) is 7.15. The lowest BCUT2D eigenvalue weighted by Gasteiger charge is -2.33. The third-order valence-corrected chi connectivity index (χ3v) is 4.09. The summed E-state index contributed by atoms with van der Waals surface area (Å²) >= 11 is 0. The normalized spacial score (nSPS) is 17.0. The molecule has 5 nitrogen and oxygen atoms in total. The molecule has 3 rings (SSSR count). The lowest BCUT2D eigenvalue weighted by atomic mass is 10.1. The summed E-state index contributed by atoms with van der Waals surface area (Å²) in [5.74, 6) is 0.910. The van der Waals surface area contributed by atoms with Gasteiger partial charge in [-0.1, -0.05) is 12.1 Å². The molecule has 2 heterocycles. The Morgan fingerprint density at radius 1 is 1.41 bits per heavy atom. The first-order valence-corrected chi connectivity index (χ1v) is 7.62. The van der Waals surface area contributed by atoms with E-state index in [1.165, 1.54) is 0 Å². The maximum absolute atomic E-state index is 12.7. The highest BCUT2D eigenvalue weighted by molar-refractivity contribution is 5.95. The molecule has 1 aliphatic heterocycles. The van der Waals surface area contributed by atoms with Gasteiger partial charge in [0, 0.05) is 12.1 Å². The number of aromatic nitrogens is 2. The van der Waals surface area contributed by atoms with Crippen LogP contribution in [0.2, 0.25) is 0 Å². The summed E-state index contributed by atoms with van der Waals surface area (Å²) in [6.45, 7) is 6.54. The molecular formula is C17H21N3O2. The first kappa shape index (κ1) is 14.6. The highest BCUT2D eigenvalue weighted by atomic mass is 16.5. The number of H-pyrrole nitrogens is 1. The van der Waals surface area contributed by atoms with Crippen LogP contribution in [0, 0.1) is 13.8 Å². The van der Waals surface area contributed by atoms with Gasteiger partial charge in [-0.3, -0.25) is 9.89 Å². The minimum atomic E-state index is 0.0104. The van der Waals surface area contributed by atoms with Gasteiger partial charge in [-0.15, -0.1) is 0 Å². The number of amides is 1. The molecule has 2 aromatic rings. The van der Waals surface area contributed by atoms with E-state index >= 15 is 0 Å². The highest BCUT2D eigenvalue weighted by Crippen LogP contribution is 2.33. The van der Waals surface area contributed by atoms with Gasteiger partial charge in [-0.2, -0.15) is 5.10 Å². The molecule has 1 aromatic carbocycles. The number of carbonyl (C=O) groups is 1. The van der Waals surface area contributed by atoms with Gasteiger partial charge in [-0.05, 0) is 44.9 Å². The Kier molecular flexibility index (Phi) is 3.88. The second kappa shape index (κ2) is 5.83. The molecule has 1 atom stereocenters. The third-order valence-electron chi connectivity index (χ3n) is 4.09. The van der Waals surface area contributed by atoms with Crippen molar-refractivity contribution < 1.29 is 9.53 Å². The summed E-state index contributed by atoms with van der Waals surface area (Å²) < 4.78 is 5.79. The van der Waals surface area contributed by atoms with Crippen molar-refractivity contribution in [3.8, 4) is 5.75 Å². The van der Waals surface area contributed by atoms with Crippen molar-refractivity contribution >= 4 is 11.6 Å². The second-order valence-electron chi connectivity index (χ2n) is 5.81. The van der Waals surface area contributed by atoms with Crippen molar-refractivity contribution in [1.82, 2.24) is 10.2 Å². The fourth-order valence-corrected chi connectivity index (χ4v) is 2.93. The van der Waals surface area contributed by atoms with E-state index < -0.39 is 0 Å². The molecule has 116 valence electrons. The van der Waals surface area contributed by atoms with Crippen LogP contribution in [0.1, 0.15) is 30.3 Å². The molecule has 0 saturated carbocycles. The van der Waals surface area contributed by atoms with Crippen molar-refractivity contribution in [3.05, 3.63) is 41.2 Å². The number of rotatable bonds is 3. The predicted octanol–water partition coefficient (Wildman–Crippen LogP) is 2.77. The summed E-state index contributed by atoms with van der Waals surface area (Å²) in [6, 6.07) is 7.71. The molecule has 1 N–H and O–H groups in total. The van der Waals surface area contributed by atoms with Gasteiger partial charge in [0.1, 0.15) is 11.9 Å². The van der Waals surface area contributed by atoms with Gasteiger partial charge < -0.3 is 9.64 Å². The van der Waals surface area contributed by atoms with E-state index in [-0.39, 0.29) is 12.0 Å². The van der Waals surface area contributed by atoms with E-state index in [0.29, 0.717) is 19.4 Å². The SMILES string of the molecule is Cc1n[nH]c(C)c1CCC(=O)N1CC(C)Oc2ccccc21. The van der Waals surface area contributed by atoms with Gasteiger partial charge in [-0.25, -0.2) is 0 Å². The Hall–Kier alpha value is -2.30. The predicted molar refractivity (Wildman–Crippen MR) is 85.3 cm³/mol. The molecule has 0 bridgehead atoms. The lowest BCUT2D eigenvalue weighted by Crippen LogP contribution is -2.42. The van der Waals surface area contributed by atoms with E-state index in [1.807, 2.05) is 49.9 Å². The number of aryl methyl sites for hydroxylation is 2. The Morgan fingerprint density at radius 2 is 2.18 bits per heavy atom. The standard InChI is InChI=1S/C17H21N3O2/c1-11-10-20(15-6-4-5-7-16(15)22-11)17(21)9-8-14-12(2)18-19-13(14)3/h4-7,11H,8-10H2,1-3H3,(H,18,19). The van der Waals surface area contributed by atoms with Crippen molar-refractivity contribution in [2.75, 3.05) is 11.4 Å². The molecular weight excluding hydrogens is 278 g/mol. The molecule has 1 aromatic heterocycles. The van der Waals surface area contributed by atoms with Crippen molar-refractivity contribution in [1.29, 1.82) is 0 Å². The van der Waals surface area contributed by atoms with Gasteiger partial charge in [0.05, 0.1) is 17.9 Å². The smallest absolute Gasteiger partial charge is 0.227 e. The first-order chi connectivity index (χ1) is 10.6. The van der Waals surface area contributed by atoms with Crippen LogP contribution < -0.4 is 9.64 Å². The average Bonchev–Trinajstić information content (AvgIpc) is 2.82. The van der Waals surface area contributed by atoms with Crippen LogP contribution in [0.15, 0.2) is 24.3 Å².